The van der Waals surface area contributed by atoms with Crippen LogP contribution in [0.25, 0.3) is 0 Å². The van der Waals surface area contributed by atoms with Crippen LogP contribution in [0, 0.1) is 5.92 Å². The number of amides is 1. The van der Waals surface area contributed by atoms with Gasteiger partial charge in [-0.2, -0.15) is 0 Å². The number of aliphatic hydroxyl groups is 1. The normalized spacial score (nSPS) is 18.2. The number of anilines is 1. The number of rotatable bonds is 6. The number of hydrogen-bond acceptors (Lipinski definition) is 6. The van der Waals surface area contributed by atoms with E-state index in [0.717, 1.165) is 50.8 Å². The van der Waals surface area contributed by atoms with Crippen molar-refractivity contribution in [3.63, 3.8) is 0 Å². The van der Waals surface area contributed by atoms with E-state index in [9.17, 15) is 14.7 Å². The fourth-order valence-electron chi connectivity index (χ4n) is 3.61. The van der Waals surface area contributed by atoms with Crippen molar-refractivity contribution in [2.24, 2.45) is 5.92 Å². The summed E-state index contributed by atoms with van der Waals surface area (Å²) in [6.45, 7) is 4.32. The zero-order valence-electron chi connectivity index (χ0n) is 14.7. The summed E-state index contributed by atoms with van der Waals surface area (Å²) in [6.07, 6.45) is 4.75. The first-order valence-electron chi connectivity index (χ1n) is 9.07. The van der Waals surface area contributed by atoms with Gasteiger partial charge in [0.2, 0.25) is 5.91 Å². The molecular weight excluding hydrogens is 340 g/mol. The summed E-state index contributed by atoms with van der Waals surface area (Å²) in [5, 5.41) is 12.8. The lowest BCUT2D eigenvalue weighted by Crippen LogP contribution is -2.39. The van der Waals surface area contributed by atoms with Gasteiger partial charge >= 0.3 is 5.97 Å². The number of piperidine rings is 1. The van der Waals surface area contributed by atoms with Gasteiger partial charge in [0.1, 0.15) is 5.00 Å². The van der Waals surface area contributed by atoms with Gasteiger partial charge in [0.15, 0.2) is 0 Å². The number of carbonyl (C=O) groups is 2. The minimum Gasteiger partial charge on any atom is -0.462 e. The Morgan fingerprint density at radius 2 is 2.08 bits per heavy atom. The second-order valence-electron chi connectivity index (χ2n) is 6.73. The standard InChI is InChI=1S/C18H26N2O4S/c1-2-24-18(23)16-13-4-3-5-14(13)25-17(16)19-15(22)10-20-8-6-12(11-21)7-9-20/h12,21H,2-11H2,1H3,(H,19,22). The highest BCUT2D eigenvalue weighted by molar-refractivity contribution is 7.17. The minimum absolute atomic E-state index is 0.0899. The van der Waals surface area contributed by atoms with Gasteiger partial charge in [-0.05, 0) is 63.6 Å². The summed E-state index contributed by atoms with van der Waals surface area (Å²) in [5.41, 5.74) is 1.62. The maximum absolute atomic E-state index is 12.4. The molecule has 1 aliphatic carbocycles. The lowest BCUT2D eigenvalue weighted by Gasteiger charge is -2.30. The van der Waals surface area contributed by atoms with Gasteiger partial charge in [0.25, 0.3) is 0 Å². The van der Waals surface area contributed by atoms with Crippen molar-refractivity contribution in [3.05, 3.63) is 16.0 Å². The van der Waals surface area contributed by atoms with E-state index in [1.54, 1.807) is 6.92 Å². The number of carbonyl (C=O) groups excluding carboxylic acids is 2. The maximum atomic E-state index is 12.4. The molecule has 1 amide bonds. The molecule has 0 aromatic carbocycles. The number of aliphatic hydroxyl groups excluding tert-OH is 1. The molecule has 1 aromatic rings. The average molecular weight is 366 g/mol. The Hall–Kier alpha value is -1.44. The van der Waals surface area contributed by atoms with Crippen LogP contribution in [0.1, 0.15) is 47.0 Å². The highest BCUT2D eigenvalue weighted by Crippen LogP contribution is 2.39. The van der Waals surface area contributed by atoms with Crippen LogP contribution in [0.3, 0.4) is 0 Å². The van der Waals surface area contributed by atoms with Gasteiger partial charge in [-0.25, -0.2) is 4.79 Å². The van der Waals surface area contributed by atoms with Crippen LogP contribution in [-0.2, 0) is 22.4 Å². The Kier molecular flexibility index (Phi) is 6.09. The quantitative estimate of drug-likeness (QED) is 0.754. The Morgan fingerprint density at radius 1 is 1.32 bits per heavy atom. The Balaban J connectivity index is 1.64. The van der Waals surface area contributed by atoms with Crippen molar-refractivity contribution >= 4 is 28.2 Å². The van der Waals surface area contributed by atoms with E-state index in [1.165, 1.54) is 16.2 Å². The number of likely N-dealkylation sites (tertiary alicyclic amines) is 1. The van der Waals surface area contributed by atoms with E-state index < -0.39 is 0 Å². The van der Waals surface area contributed by atoms with Gasteiger partial charge in [0.05, 0.1) is 18.7 Å². The van der Waals surface area contributed by atoms with Gasteiger partial charge in [0, 0.05) is 11.5 Å². The second kappa shape index (κ2) is 8.29. The van der Waals surface area contributed by atoms with Crippen molar-refractivity contribution in [1.82, 2.24) is 4.90 Å². The zero-order chi connectivity index (χ0) is 17.8. The van der Waals surface area contributed by atoms with Crippen LogP contribution in [0.5, 0.6) is 0 Å². The molecule has 3 rings (SSSR count). The van der Waals surface area contributed by atoms with Gasteiger partial charge in [-0.15, -0.1) is 11.3 Å². The van der Waals surface area contributed by atoms with Crippen LogP contribution in [0.15, 0.2) is 0 Å². The third-order valence-electron chi connectivity index (χ3n) is 4.99. The van der Waals surface area contributed by atoms with E-state index in [2.05, 4.69) is 10.2 Å². The van der Waals surface area contributed by atoms with E-state index in [0.29, 0.717) is 29.6 Å². The minimum atomic E-state index is -0.332. The third kappa shape index (κ3) is 4.22. The molecule has 0 unspecified atom stereocenters. The number of hydrogen-bond donors (Lipinski definition) is 2. The molecule has 0 bridgehead atoms. The third-order valence-corrected chi connectivity index (χ3v) is 6.19. The van der Waals surface area contributed by atoms with Crippen molar-refractivity contribution in [2.45, 2.75) is 39.0 Å². The molecule has 1 fully saturated rings. The molecule has 0 atom stereocenters. The summed E-state index contributed by atoms with van der Waals surface area (Å²) in [4.78, 5) is 28.1. The number of thiophene rings is 1. The van der Waals surface area contributed by atoms with Gasteiger partial charge < -0.3 is 15.2 Å². The van der Waals surface area contributed by atoms with Crippen molar-refractivity contribution in [3.8, 4) is 0 Å². The van der Waals surface area contributed by atoms with Crippen molar-refractivity contribution in [1.29, 1.82) is 0 Å². The van der Waals surface area contributed by atoms with Crippen LogP contribution < -0.4 is 5.32 Å². The molecule has 138 valence electrons. The molecule has 1 aliphatic heterocycles. The molecular formula is C18H26N2O4S. The van der Waals surface area contributed by atoms with E-state index in [4.69, 9.17) is 4.74 Å². The van der Waals surface area contributed by atoms with Crippen LogP contribution in [0.2, 0.25) is 0 Å². The van der Waals surface area contributed by atoms with Crippen molar-refractivity contribution in [2.75, 3.05) is 38.2 Å². The summed E-state index contributed by atoms with van der Waals surface area (Å²) in [7, 11) is 0. The number of nitrogens with one attached hydrogen (secondary N) is 1. The fraction of sp³-hybridized carbons (Fsp3) is 0.667. The predicted molar refractivity (Wildman–Crippen MR) is 97.2 cm³/mol. The maximum Gasteiger partial charge on any atom is 0.341 e. The Bertz CT molecular complexity index is 635. The highest BCUT2D eigenvalue weighted by atomic mass is 32.1. The predicted octanol–water partition coefficient (Wildman–Crippen LogP) is 2.06. The van der Waals surface area contributed by atoms with Crippen LogP contribution >= 0.6 is 11.3 Å². The Labute approximate surface area is 152 Å². The molecule has 2 aliphatic rings. The summed E-state index contributed by atoms with van der Waals surface area (Å²) >= 11 is 1.51. The number of esters is 1. The van der Waals surface area contributed by atoms with Crippen molar-refractivity contribution < 1.29 is 19.4 Å². The molecule has 2 heterocycles. The lowest BCUT2D eigenvalue weighted by molar-refractivity contribution is -0.117. The molecule has 2 N–H and O–H groups in total. The van der Waals surface area contributed by atoms with Crippen LogP contribution in [-0.4, -0.2) is 54.7 Å². The second-order valence-corrected chi connectivity index (χ2v) is 7.84. The first-order chi connectivity index (χ1) is 12.1. The average Bonchev–Trinajstić information content (AvgIpc) is 3.16. The first kappa shape index (κ1) is 18.4. The number of nitrogens with zero attached hydrogens (tertiary/aromatic N) is 1. The topological polar surface area (TPSA) is 78.9 Å². The fourth-order valence-corrected chi connectivity index (χ4v) is 4.90. The Morgan fingerprint density at radius 3 is 2.76 bits per heavy atom. The molecule has 25 heavy (non-hydrogen) atoms. The summed E-state index contributed by atoms with van der Waals surface area (Å²) in [6, 6.07) is 0. The van der Waals surface area contributed by atoms with Gasteiger partial charge in [-0.1, -0.05) is 0 Å². The van der Waals surface area contributed by atoms with Crippen LogP contribution in [0.4, 0.5) is 5.00 Å². The molecule has 6 nitrogen and oxygen atoms in total. The molecule has 0 spiro atoms. The molecule has 1 aromatic heterocycles. The SMILES string of the molecule is CCOC(=O)c1c(NC(=O)CN2CCC(CO)CC2)sc2c1CCC2. The largest absolute Gasteiger partial charge is 0.462 e. The van der Waals surface area contributed by atoms with E-state index in [1.807, 2.05) is 0 Å². The molecule has 1 saturated heterocycles. The molecule has 7 heteroatoms. The summed E-state index contributed by atoms with van der Waals surface area (Å²) < 4.78 is 5.19. The lowest BCUT2D eigenvalue weighted by atomic mass is 9.98. The van der Waals surface area contributed by atoms with E-state index >= 15 is 0 Å². The smallest absolute Gasteiger partial charge is 0.341 e. The number of ether oxygens (including phenoxy) is 1. The summed E-state index contributed by atoms with van der Waals surface area (Å²) in [5.74, 6) is -0.0659. The van der Waals surface area contributed by atoms with Gasteiger partial charge in [-0.3, -0.25) is 9.69 Å². The number of fused-ring (bicyclic) bond motifs is 1. The highest BCUT2D eigenvalue weighted by Gasteiger charge is 2.29. The first-order valence-corrected chi connectivity index (χ1v) is 9.88. The zero-order valence-corrected chi connectivity index (χ0v) is 15.5. The monoisotopic (exact) mass is 366 g/mol. The molecule has 0 saturated carbocycles. The van der Waals surface area contributed by atoms with E-state index in [-0.39, 0.29) is 18.5 Å². The number of aryl methyl sites for hydroxylation is 1. The molecule has 0 radical (unpaired) electrons.